The summed E-state index contributed by atoms with van der Waals surface area (Å²) < 4.78 is 0. The van der Waals surface area contributed by atoms with Gasteiger partial charge >= 0.3 is 5.97 Å². The Bertz CT molecular complexity index is 441. The number of rotatable bonds is 8. The van der Waals surface area contributed by atoms with Crippen molar-refractivity contribution in [1.29, 1.82) is 0 Å². The summed E-state index contributed by atoms with van der Waals surface area (Å²) in [6.07, 6.45) is 1.60. The zero-order valence-electron chi connectivity index (χ0n) is 12.1. The van der Waals surface area contributed by atoms with E-state index in [4.69, 9.17) is 5.11 Å². The molecule has 0 fully saturated rings. The Labute approximate surface area is 119 Å². The smallest absolute Gasteiger partial charge is 0.303 e. The molecule has 0 bridgehead atoms. The highest BCUT2D eigenvalue weighted by molar-refractivity contribution is 5.90. The third-order valence-corrected chi connectivity index (χ3v) is 2.78. The van der Waals surface area contributed by atoms with Gasteiger partial charge in [0.05, 0.1) is 0 Å². The topological polar surface area (TPSA) is 69.6 Å². The highest BCUT2D eigenvalue weighted by atomic mass is 16.4. The van der Waals surface area contributed by atoms with Crippen molar-refractivity contribution in [3.05, 3.63) is 29.8 Å². The second-order valence-corrected chi connectivity index (χ2v) is 5.08. The number of benzene rings is 1. The molecule has 0 aliphatic rings. The van der Waals surface area contributed by atoms with Crippen molar-refractivity contribution in [2.45, 2.75) is 32.2 Å². The lowest BCUT2D eigenvalue weighted by Crippen LogP contribution is -2.12. The summed E-state index contributed by atoms with van der Waals surface area (Å²) in [6.45, 7) is 0.864. The van der Waals surface area contributed by atoms with Crippen molar-refractivity contribution in [3.8, 4) is 0 Å². The molecule has 0 saturated heterocycles. The second kappa shape index (κ2) is 8.32. The van der Waals surface area contributed by atoms with Gasteiger partial charge in [0.1, 0.15) is 0 Å². The number of carboxylic acids is 1. The van der Waals surface area contributed by atoms with Crippen molar-refractivity contribution in [2.75, 3.05) is 19.4 Å². The molecule has 1 aromatic carbocycles. The van der Waals surface area contributed by atoms with Gasteiger partial charge in [-0.1, -0.05) is 12.1 Å². The number of hydrogen-bond acceptors (Lipinski definition) is 3. The van der Waals surface area contributed by atoms with Crippen molar-refractivity contribution in [3.63, 3.8) is 0 Å². The number of amides is 1. The molecule has 0 aliphatic heterocycles. The van der Waals surface area contributed by atoms with E-state index in [-0.39, 0.29) is 12.3 Å². The molecular weight excluding hydrogens is 256 g/mol. The number of nitrogens with one attached hydrogen (secondary N) is 1. The average Bonchev–Trinajstić information content (AvgIpc) is 2.36. The molecule has 0 saturated carbocycles. The standard InChI is InChI=1S/C15H22N2O3/c1-17(2)11-12-7-9-13(10-8-12)16-14(18)5-3-4-6-15(19)20/h7-10H,3-6,11H2,1-2H3,(H,16,18)(H,19,20). The van der Waals surface area contributed by atoms with E-state index in [9.17, 15) is 9.59 Å². The lowest BCUT2D eigenvalue weighted by atomic mass is 10.1. The summed E-state index contributed by atoms with van der Waals surface area (Å²) in [5, 5.41) is 11.3. The first kappa shape index (κ1) is 16.2. The van der Waals surface area contributed by atoms with Crippen LogP contribution in [0.2, 0.25) is 0 Å². The quantitative estimate of drug-likeness (QED) is 0.716. The van der Waals surface area contributed by atoms with Gasteiger partial charge in [0.2, 0.25) is 5.91 Å². The van der Waals surface area contributed by atoms with Crippen LogP contribution in [0.3, 0.4) is 0 Å². The van der Waals surface area contributed by atoms with E-state index in [1.165, 1.54) is 5.56 Å². The van der Waals surface area contributed by atoms with E-state index < -0.39 is 5.97 Å². The van der Waals surface area contributed by atoms with Crippen LogP contribution in [0.1, 0.15) is 31.2 Å². The van der Waals surface area contributed by atoms with Crippen molar-refractivity contribution >= 4 is 17.6 Å². The van der Waals surface area contributed by atoms with Gasteiger partial charge in [-0.3, -0.25) is 9.59 Å². The van der Waals surface area contributed by atoms with Crippen LogP contribution in [0.5, 0.6) is 0 Å². The fourth-order valence-electron chi connectivity index (χ4n) is 1.84. The Morgan fingerprint density at radius 3 is 2.25 bits per heavy atom. The number of nitrogens with zero attached hydrogens (tertiary/aromatic N) is 1. The van der Waals surface area contributed by atoms with Crippen LogP contribution in [-0.4, -0.2) is 36.0 Å². The second-order valence-electron chi connectivity index (χ2n) is 5.08. The summed E-state index contributed by atoms with van der Waals surface area (Å²) in [4.78, 5) is 24.1. The number of unbranched alkanes of at least 4 members (excludes halogenated alkanes) is 1. The van der Waals surface area contributed by atoms with E-state index in [0.29, 0.717) is 19.3 Å². The molecule has 0 spiro atoms. The van der Waals surface area contributed by atoms with Gasteiger partial charge in [-0.25, -0.2) is 0 Å². The number of hydrogen-bond donors (Lipinski definition) is 2. The molecule has 20 heavy (non-hydrogen) atoms. The molecule has 2 N–H and O–H groups in total. The SMILES string of the molecule is CN(C)Cc1ccc(NC(=O)CCCCC(=O)O)cc1. The Morgan fingerprint density at radius 1 is 1.10 bits per heavy atom. The van der Waals surface area contributed by atoms with Crippen LogP contribution in [0.15, 0.2) is 24.3 Å². The lowest BCUT2D eigenvalue weighted by molar-refractivity contribution is -0.137. The maximum Gasteiger partial charge on any atom is 0.303 e. The van der Waals surface area contributed by atoms with Crippen LogP contribution in [0.25, 0.3) is 0 Å². The molecule has 1 amide bonds. The Morgan fingerprint density at radius 2 is 1.70 bits per heavy atom. The van der Waals surface area contributed by atoms with Gasteiger partial charge in [-0.15, -0.1) is 0 Å². The summed E-state index contributed by atoms with van der Waals surface area (Å²) in [7, 11) is 4.01. The fraction of sp³-hybridized carbons (Fsp3) is 0.467. The van der Waals surface area contributed by atoms with Gasteiger partial charge in [0, 0.05) is 25.1 Å². The molecule has 110 valence electrons. The van der Waals surface area contributed by atoms with Crippen LogP contribution >= 0.6 is 0 Å². The summed E-state index contributed by atoms with van der Waals surface area (Å²) in [5.74, 6) is -0.891. The predicted molar refractivity (Wildman–Crippen MR) is 78.6 cm³/mol. The molecule has 0 aliphatic carbocycles. The Kier molecular flexibility index (Phi) is 6.73. The molecule has 0 atom stereocenters. The molecule has 1 rings (SSSR count). The number of anilines is 1. The first-order chi connectivity index (χ1) is 9.47. The zero-order chi connectivity index (χ0) is 15.0. The monoisotopic (exact) mass is 278 g/mol. The highest BCUT2D eigenvalue weighted by Crippen LogP contribution is 2.11. The normalized spacial score (nSPS) is 10.6. The number of carbonyl (C=O) groups excluding carboxylic acids is 1. The van der Waals surface area contributed by atoms with Crippen LogP contribution in [-0.2, 0) is 16.1 Å². The summed E-state index contributed by atoms with van der Waals surface area (Å²) >= 11 is 0. The van der Waals surface area contributed by atoms with E-state index in [2.05, 4.69) is 10.2 Å². The lowest BCUT2D eigenvalue weighted by Gasteiger charge is -2.10. The summed E-state index contributed by atoms with van der Waals surface area (Å²) in [5.41, 5.74) is 1.96. The van der Waals surface area contributed by atoms with Crippen LogP contribution in [0.4, 0.5) is 5.69 Å². The molecule has 0 aromatic heterocycles. The average molecular weight is 278 g/mol. The minimum absolute atomic E-state index is 0.0734. The van der Waals surface area contributed by atoms with E-state index in [0.717, 1.165) is 12.2 Å². The highest BCUT2D eigenvalue weighted by Gasteiger charge is 2.04. The first-order valence-electron chi connectivity index (χ1n) is 6.72. The molecule has 1 aromatic rings. The van der Waals surface area contributed by atoms with Gasteiger partial charge < -0.3 is 15.3 Å². The number of aliphatic carboxylic acids is 1. The van der Waals surface area contributed by atoms with Gasteiger partial charge in [-0.2, -0.15) is 0 Å². The van der Waals surface area contributed by atoms with E-state index in [1.807, 2.05) is 38.4 Å². The molecule has 0 heterocycles. The Balaban J connectivity index is 2.32. The van der Waals surface area contributed by atoms with Crippen molar-refractivity contribution in [1.82, 2.24) is 4.90 Å². The maximum absolute atomic E-state index is 11.7. The van der Waals surface area contributed by atoms with E-state index in [1.54, 1.807) is 0 Å². The third-order valence-electron chi connectivity index (χ3n) is 2.78. The number of carbonyl (C=O) groups is 2. The van der Waals surface area contributed by atoms with Crippen molar-refractivity contribution < 1.29 is 14.7 Å². The van der Waals surface area contributed by atoms with Crippen molar-refractivity contribution in [2.24, 2.45) is 0 Å². The van der Waals surface area contributed by atoms with Gasteiger partial charge in [0.25, 0.3) is 0 Å². The minimum atomic E-state index is -0.818. The Hall–Kier alpha value is -1.88. The largest absolute Gasteiger partial charge is 0.481 e. The van der Waals surface area contributed by atoms with Gasteiger partial charge in [-0.05, 0) is 44.6 Å². The fourth-order valence-corrected chi connectivity index (χ4v) is 1.84. The maximum atomic E-state index is 11.7. The molecule has 0 unspecified atom stereocenters. The number of carboxylic acid groups (broad SMARTS) is 1. The van der Waals surface area contributed by atoms with Crippen LogP contribution < -0.4 is 5.32 Å². The zero-order valence-corrected chi connectivity index (χ0v) is 12.1. The molecule has 5 heteroatoms. The molecule has 5 nitrogen and oxygen atoms in total. The van der Waals surface area contributed by atoms with Crippen LogP contribution in [0, 0.1) is 0 Å². The van der Waals surface area contributed by atoms with E-state index >= 15 is 0 Å². The molecular formula is C15H22N2O3. The van der Waals surface area contributed by atoms with Gasteiger partial charge in [0.15, 0.2) is 0 Å². The molecule has 0 radical (unpaired) electrons. The third kappa shape index (κ3) is 6.89. The first-order valence-corrected chi connectivity index (χ1v) is 6.72. The summed E-state index contributed by atoms with van der Waals surface area (Å²) in [6, 6.07) is 7.74. The predicted octanol–water partition coefficient (Wildman–Crippen LogP) is 2.33. The minimum Gasteiger partial charge on any atom is -0.481 e.